The monoisotopic (exact) mass is 1390 g/mol. The predicted octanol–water partition coefficient (Wildman–Crippen LogP) is 12.0. The maximum Gasteiger partial charge on any atom is 0.255 e. The summed E-state index contributed by atoms with van der Waals surface area (Å²) in [5.41, 5.74) is 4.77. The molecule has 0 aliphatic rings. The summed E-state index contributed by atoms with van der Waals surface area (Å²) in [6.07, 6.45) is 4.64. The van der Waals surface area contributed by atoms with E-state index in [0.29, 0.717) is 185 Å². The normalized spacial score (nSPS) is 11.6. The highest BCUT2D eigenvalue weighted by Crippen LogP contribution is 2.29. The van der Waals surface area contributed by atoms with Gasteiger partial charge in [0, 0.05) is 63.3 Å². The molecule has 0 aliphatic carbocycles. The van der Waals surface area contributed by atoms with Gasteiger partial charge in [-0.05, 0) is 109 Å². The molecule has 7 N–H and O–H groups in total. The number of H-pyrrole nitrogens is 3. The molecule has 3 aromatic carbocycles. The van der Waals surface area contributed by atoms with Gasteiger partial charge in [0.05, 0.1) is 145 Å². The van der Waals surface area contributed by atoms with Crippen LogP contribution in [-0.4, -0.2) is 190 Å². The Morgan fingerprint density at radius 1 is 0.356 bits per heavy atom. The zero-order chi connectivity index (χ0) is 73.0. The van der Waals surface area contributed by atoms with E-state index < -0.39 is 16.2 Å². The van der Waals surface area contributed by atoms with Crippen molar-refractivity contribution in [3.63, 3.8) is 0 Å². The lowest BCUT2D eigenvalue weighted by Gasteiger charge is -2.14. The van der Waals surface area contributed by atoms with Crippen molar-refractivity contribution in [2.24, 2.45) is 16.2 Å². The molecular formula is C75H93N9O17. The number of ether oxygens (including phenoxy) is 10. The van der Waals surface area contributed by atoms with Crippen LogP contribution in [0.3, 0.4) is 0 Å². The lowest BCUT2D eigenvalue weighted by molar-refractivity contribution is 0.000164. The van der Waals surface area contributed by atoms with Crippen LogP contribution in [-0.2, 0) is 37.9 Å². The Bertz CT molecular complexity index is 3940. The highest BCUT2D eigenvalue weighted by Gasteiger charge is 2.27. The summed E-state index contributed by atoms with van der Waals surface area (Å²) in [7, 11) is 3.27. The molecule has 26 heteroatoms. The number of aromatic hydroxyl groups is 1. The molecule has 0 saturated carbocycles. The second kappa shape index (κ2) is 38.7. The van der Waals surface area contributed by atoms with Gasteiger partial charge in [0.1, 0.15) is 47.4 Å². The Balaban J connectivity index is 0.000000217. The summed E-state index contributed by atoms with van der Waals surface area (Å²) in [4.78, 5) is 97.1. The summed E-state index contributed by atoms with van der Waals surface area (Å²) < 4.78 is 53.5. The molecule has 3 amide bonds. The summed E-state index contributed by atoms with van der Waals surface area (Å²) in [5.74, 6) is 0.533. The lowest BCUT2D eigenvalue weighted by atomic mass is 9.89. The van der Waals surface area contributed by atoms with Crippen molar-refractivity contribution in [2.45, 2.75) is 62.3 Å². The van der Waals surface area contributed by atoms with Crippen LogP contribution in [0.2, 0.25) is 0 Å². The third-order valence-electron chi connectivity index (χ3n) is 14.7. The number of aromatic nitrogens is 6. The van der Waals surface area contributed by atoms with E-state index in [4.69, 9.17) is 47.4 Å². The number of ketones is 3. The molecule has 0 radical (unpaired) electrons. The number of nitrogens with zero attached hydrogens (tertiary/aromatic N) is 3. The van der Waals surface area contributed by atoms with Gasteiger partial charge in [-0.25, -0.2) is 15.0 Å². The highest BCUT2D eigenvalue weighted by molar-refractivity contribution is 6.08. The van der Waals surface area contributed by atoms with Gasteiger partial charge in [-0.2, -0.15) is 0 Å². The molecule has 6 aromatic heterocycles. The van der Waals surface area contributed by atoms with E-state index in [1.54, 1.807) is 112 Å². The maximum atomic E-state index is 12.7. The number of fused-ring (bicyclic) bond motifs is 3. The Morgan fingerprint density at radius 3 is 0.861 bits per heavy atom. The second-order valence-corrected chi connectivity index (χ2v) is 26.1. The van der Waals surface area contributed by atoms with E-state index in [9.17, 15) is 33.9 Å². The highest BCUT2D eigenvalue weighted by atomic mass is 16.6. The van der Waals surface area contributed by atoms with Gasteiger partial charge >= 0.3 is 0 Å². The molecular weight excluding hydrogens is 1300 g/mol. The van der Waals surface area contributed by atoms with Crippen LogP contribution >= 0.6 is 0 Å². The van der Waals surface area contributed by atoms with Crippen molar-refractivity contribution in [1.29, 1.82) is 0 Å². The first kappa shape index (κ1) is 78.6. The first-order valence-electron chi connectivity index (χ1n) is 33.0. The Labute approximate surface area is 587 Å². The number of carbonyl (C=O) groups is 6. The number of methoxy groups -OCH3 is 2. The van der Waals surface area contributed by atoms with Crippen molar-refractivity contribution in [1.82, 2.24) is 29.9 Å². The molecule has 9 rings (SSSR count). The van der Waals surface area contributed by atoms with Crippen molar-refractivity contribution in [3.8, 4) is 17.2 Å². The fraction of sp³-hybridized carbons (Fsp3) is 0.400. The number of phenols is 1. The van der Waals surface area contributed by atoms with E-state index in [-0.39, 0.29) is 40.8 Å². The molecule has 0 spiro atoms. The van der Waals surface area contributed by atoms with Crippen LogP contribution in [0.25, 0.3) is 33.1 Å². The number of aromatic amines is 3. The van der Waals surface area contributed by atoms with Gasteiger partial charge in [-0.1, -0.05) is 62.3 Å². The quantitative estimate of drug-likeness (QED) is 0.0143. The number of phenolic OH excluding ortho intramolecular Hbond substituents is 1. The minimum Gasteiger partial charge on any atom is -0.508 e. The van der Waals surface area contributed by atoms with Gasteiger partial charge in [0.15, 0.2) is 17.3 Å². The third-order valence-corrected chi connectivity index (χ3v) is 14.7. The number of Topliss-reactive ketones (excluding diaryl/α,β-unsaturated/α-hetero) is 3. The maximum absolute atomic E-state index is 12.7. The number of benzene rings is 3. The molecule has 101 heavy (non-hydrogen) atoms. The van der Waals surface area contributed by atoms with Gasteiger partial charge < -0.3 is 83.4 Å². The third kappa shape index (κ3) is 25.7. The average Bonchev–Trinajstić information content (AvgIpc) is 1.68. The number of anilines is 3. The number of carbonyl (C=O) groups excluding carboxylic acids is 6. The Hall–Kier alpha value is -9.77. The second-order valence-electron chi connectivity index (χ2n) is 26.1. The molecule has 0 aliphatic heterocycles. The summed E-state index contributed by atoms with van der Waals surface area (Å²) in [6.45, 7) is 24.7. The minimum atomic E-state index is -0.504. The molecule has 0 saturated heterocycles. The van der Waals surface area contributed by atoms with Crippen molar-refractivity contribution in [3.05, 3.63) is 162 Å². The Kier molecular flexibility index (Phi) is 30.1. The van der Waals surface area contributed by atoms with Gasteiger partial charge in [0.25, 0.3) is 17.7 Å². The molecule has 0 unspecified atom stereocenters. The summed E-state index contributed by atoms with van der Waals surface area (Å²) in [6, 6.07) is 30.3. The van der Waals surface area contributed by atoms with Crippen molar-refractivity contribution < 1.29 is 81.2 Å². The van der Waals surface area contributed by atoms with Crippen LogP contribution < -0.4 is 25.4 Å². The molecule has 540 valence electrons. The fourth-order valence-corrected chi connectivity index (χ4v) is 9.26. The number of hydrogen-bond acceptors (Lipinski definition) is 20. The minimum absolute atomic E-state index is 0.000166. The summed E-state index contributed by atoms with van der Waals surface area (Å²) >= 11 is 0. The van der Waals surface area contributed by atoms with Gasteiger partial charge in [-0.15, -0.1) is 0 Å². The zero-order valence-corrected chi connectivity index (χ0v) is 59.3. The van der Waals surface area contributed by atoms with Gasteiger partial charge in [-0.3, -0.25) is 28.8 Å². The van der Waals surface area contributed by atoms with Crippen LogP contribution in [0.4, 0.5) is 17.1 Å². The number of nitrogens with one attached hydrogen (secondary N) is 6. The van der Waals surface area contributed by atoms with E-state index in [0.717, 1.165) is 16.2 Å². The molecule has 0 atom stereocenters. The standard InChI is InChI=1S/2C28H37N3O7.C19H19N3O3/c2*1-28(2,3)25(32)24-18-21-17-22(19-29-26(21)31-24)30-27(33)20-5-7-23(8-6-20)38-16-15-37-14-13-36-12-11-35-10-9-34-4;1-19(2,3)16(24)15-9-12-8-13(10-20-17(12)22-15)21-18(25)11-4-6-14(23)7-5-11/h2*5-8,17-19H,9-16H2,1-4H3,(H,29,31)(H,30,33);4-10,23H,1-3H3,(H,20,22)(H,21,25). The van der Waals surface area contributed by atoms with Crippen LogP contribution in [0.1, 0.15) is 125 Å². The molecule has 26 nitrogen and oxygen atoms in total. The number of hydrogen-bond donors (Lipinski definition) is 7. The first-order valence-corrected chi connectivity index (χ1v) is 33.0. The smallest absolute Gasteiger partial charge is 0.255 e. The van der Waals surface area contributed by atoms with Crippen molar-refractivity contribution in [2.75, 3.05) is 136 Å². The molecule has 0 fully saturated rings. The number of pyridine rings is 3. The average molecular weight is 1390 g/mol. The first-order chi connectivity index (χ1) is 48.3. The van der Waals surface area contributed by atoms with Gasteiger partial charge in [0.2, 0.25) is 0 Å². The van der Waals surface area contributed by atoms with E-state index in [1.807, 2.05) is 62.3 Å². The number of amides is 3. The fourth-order valence-electron chi connectivity index (χ4n) is 9.26. The topological polar surface area (TPSA) is 337 Å². The molecule has 0 bridgehead atoms. The van der Waals surface area contributed by atoms with Crippen molar-refractivity contribution >= 4 is 85.2 Å². The predicted molar refractivity (Wildman–Crippen MR) is 384 cm³/mol. The molecule has 6 heterocycles. The van der Waals surface area contributed by atoms with Crippen LogP contribution in [0, 0.1) is 16.2 Å². The van der Waals surface area contributed by atoms with E-state index in [1.165, 1.54) is 30.5 Å². The summed E-state index contributed by atoms with van der Waals surface area (Å²) in [5, 5.41) is 20.0. The number of rotatable bonds is 35. The lowest BCUT2D eigenvalue weighted by Crippen LogP contribution is -2.20. The van der Waals surface area contributed by atoms with E-state index in [2.05, 4.69) is 45.9 Å². The zero-order valence-electron chi connectivity index (χ0n) is 59.3. The molecule has 9 aromatic rings. The van der Waals surface area contributed by atoms with Crippen LogP contribution in [0.15, 0.2) is 128 Å². The Morgan fingerprint density at radius 2 is 0.604 bits per heavy atom. The van der Waals surface area contributed by atoms with Crippen LogP contribution in [0.5, 0.6) is 17.2 Å². The SMILES string of the molecule is CC(C)(C)C(=O)c1cc2cc(NC(=O)c3ccc(O)cc3)cnc2[nH]1.COCCOCCOCCOCCOc1ccc(C(=O)Nc2cnc3[nH]c(C(=O)C(C)(C)C)cc3c2)cc1.COCCOCCOCCOCCOc1ccc(C(=O)Nc2cnc3[nH]c(C(=O)C(C)(C)C)cc3c2)cc1. The largest absolute Gasteiger partial charge is 0.508 e. The van der Waals surface area contributed by atoms with E-state index >= 15 is 0 Å².